The van der Waals surface area contributed by atoms with E-state index >= 15 is 0 Å². The third kappa shape index (κ3) is 5.73. The predicted molar refractivity (Wildman–Crippen MR) is 121 cm³/mol. The average Bonchev–Trinajstić information content (AvgIpc) is 3.29. The van der Waals surface area contributed by atoms with Gasteiger partial charge in [-0.05, 0) is 79.5 Å². The fourth-order valence-corrected chi connectivity index (χ4v) is 4.44. The number of rotatable bonds is 4. The number of carbonyl (C=O) groups is 2. The van der Waals surface area contributed by atoms with Crippen LogP contribution >= 0.6 is 27.3 Å². The first-order valence-electron chi connectivity index (χ1n) is 9.50. The highest BCUT2D eigenvalue weighted by Crippen LogP contribution is 2.26. The van der Waals surface area contributed by atoms with Crippen molar-refractivity contribution >= 4 is 50.6 Å². The first-order chi connectivity index (χ1) is 13.6. The standard InChI is InChI=1S/C21H26BrN3O3S/c1-21(2,3)28-20(27)24(4)16-11-12-25(13-16)15-7-5-14(6-8-15)23-19(26)17-9-10-18(22)29-17/h5-10,16H,11-13H2,1-4H3,(H,23,26). The molecule has 2 heterocycles. The summed E-state index contributed by atoms with van der Waals surface area (Å²) in [5.41, 5.74) is 1.33. The zero-order chi connectivity index (χ0) is 21.2. The molecule has 1 unspecified atom stereocenters. The molecule has 1 saturated heterocycles. The normalized spacial score (nSPS) is 16.6. The number of amides is 2. The smallest absolute Gasteiger partial charge is 0.410 e. The molecule has 1 aliphatic rings. The van der Waals surface area contributed by atoms with E-state index < -0.39 is 5.60 Å². The second-order valence-corrected chi connectivity index (χ2v) is 10.5. The van der Waals surface area contributed by atoms with Crippen molar-refractivity contribution in [2.24, 2.45) is 0 Å². The number of hydrogen-bond donors (Lipinski definition) is 1. The molecule has 1 aromatic carbocycles. The fourth-order valence-electron chi connectivity index (χ4n) is 3.16. The summed E-state index contributed by atoms with van der Waals surface area (Å²) < 4.78 is 6.40. The second kappa shape index (κ2) is 8.75. The molecule has 1 aliphatic heterocycles. The summed E-state index contributed by atoms with van der Waals surface area (Å²) in [5, 5.41) is 2.92. The highest BCUT2D eigenvalue weighted by Gasteiger charge is 2.31. The average molecular weight is 480 g/mol. The number of anilines is 2. The molecule has 0 radical (unpaired) electrons. The minimum atomic E-state index is -0.497. The van der Waals surface area contributed by atoms with E-state index in [9.17, 15) is 9.59 Å². The summed E-state index contributed by atoms with van der Waals surface area (Å²) in [7, 11) is 1.80. The molecular weight excluding hydrogens is 454 g/mol. The van der Waals surface area contributed by atoms with E-state index in [2.05, 4.69) is 26.1 Å². The molecule has 0 aliphatic carbocycles. The number of nitrogens with one attached hydrogen (secondary N) is 1. The Balaban J connectivity index is 1.57. The van der Waals surface area contributed by atoms with Gasteiger partial charge in [0.05, 0.1) is 14.7 Å². The molecule has 1 aromatic heterocycles. The SMILES string of the molecule is CN(C(=O)OC(C)(C)C)C1CCN(c2ccc(NC(=O)c3ccc(Br)s3)cc2)C1. The quantitative estimate of drug-likeness (QED) is 0.653. The number of halogens is 1. The van der Waals surface area contributed by atoms with Crippen molar-refractivity contribution in [1.82, 2.24) is 4.90 Å². The van der Waals surface area contributed by atoms with Crippen LogP contribution in [-0.2, 0) is 4.74 Å². The van der Waals surface area contributed by atoms with Crippen molar-refractivity contribution in [1.29, 1.82) is 0 Å². The maximum absolute atomic E-state index is 12.3. The molecule has 1 fully saturated rings. The third-order valence-electron chi connectivity index (χ3n) is 4.68. The van der Waals surface area contributed by atoms with Gasteiger partial charge in [-0.2, -0.15) is 0 Å². The Morgan fingerprint density at radius 3 is 2.48 bits per heavy atom. The molecule has 0 saturated carbocycles. The van der Waals surface area contributed by atoms with Gasteiger partial charge in [0.25, 0.3) is 5.91 Å². The van der Waals surface area contributed by atoms with E-state index in [1.807, 2.05) is 51.1 Å². The van der Waals surface area contributed by atoms with Gasteiger partial charge in [-0.1, -0.05) is 0 Å². The minimum absolute atomic E-state index is 0.113. The van der Waals surface area contributed by atoms with Crippen LogP contribution in [0.4, 0.5) is 16.2 Å². The van der Waals surface area contributed by atoms with Crippen molar-refractivity contribution < 1.29 is 14.3 Å². The van der Waals surface area contributed by atoms with Crippen LogP contribution in [0, 0.1) is 0 Å². The molecule has 0 spiro atoms. The van der Waals surface area contributed by atoms with E-state index in [1.54, 1.807) is 18.0 Å². The molecule has 8 heteroatoms. The van der Waals surface area contributed by atoms with Crippen LogP contribution < -0.4 is 10.2 Å². The Morgan fingerprint density at radius 1 is 1.21 bits per heavy atom. The van der Waals surface area contributed by atoms with E-state index in [0.29, 0.717) is 4.88 Å². The molecule has 156 valence electrons. The minimum Gasteiger partial charge on any atom is -0.444 e. The number of likely N-dealkylation sites (N-methyl/N-ethyl adjacent to an activating group) is 1. The Hall–Kier alpha value is -2.06. The summed E-state index contributed by atoms with van der Waals surface area (Å²) in [4.78, 5) is 29.2. The second-order valence-electron chi connectivity index (χ2n) is 8.08. The number of ether oxygens (including phenoxy) is 1. The number of thiophene rings is 1. The lowest BCUT2D eigenvalue weighted by Crippen LogP contribution is -2.42. The molecule has 29 heavy (non-hydrogen) atoms. The van der Waals surface area contributed by atoms with Gasteiger partial charge in [0.15, 0.2) is 0 Å². The van der Waals surface area contributed by atoms with Gasteiger partial charge in [-0.15, -0.1) is 11.3 Å². The molecule has 1 atom stereocenters. The lowest BCUT2D eigenvalue weighted by molar-refractivity contribution is 0.0238. The lowest BCUT2D eigenvalue weighted by atomic mass is 10.2. The molecule has 2 amide bonds. The van der Waals surface area contributed by atoms with Gasteiger partial charge in [0, 0.05) is 31.5 Å². The van der Waals surface area contributed by atoms with Gasteiger partial charge in [-0.3, -0.25) is 4.79 Å². The Kier molecular flexibility index (Phi) is 6.53. The van der Waals surface area contributed by atoms with Gasteiger partial charge >= 0.3 is 6.09 Å². The number of nitrogens with zero attached hydrogens (tertiary/aromatic N) is 2. The van der Waals surface area contributed by atoms with E-state index in [0.717, 1.165) is 34.7 Å². The molecular formula is C21H26BrN3O3S. The number of carbonyl (C=O) groups excluding carboxylic acids is 2. The van der Waals surface area contributed by atoms with E-state index in [-0.39, 0.29) is 18.0 Å². The van der Waals surface area contributed by atoms with Gasteiger partial charge < -0.3 is 19.9 Å². The molecule has 1 N–H and O–H groups in total. The van der Waals surface area contributed by atoms with Crippen molar-refractivity contribution in [3.8, 4) is 0 Å². The molecule has 2 aromatic rings. The molecule has 6 nitrogen and oxygen atoms in total. The zero-order valence-electron chi connectivity index (χ0n) is 17.1. The van der Waals surface area contributed by atoms with Crippen molar-refractivity contribution in [3.05, 3.63) is 45.1 Å². The van der Waals surface area contributed by atoms with Crippen LogP contribution in [0.25, 0.3) is 0 Å². The predicted octanol–water partition coefficient (Wildman–Crippen LogP) is 5.21. The Bertz CT molecular complexity index is 876. The van der Waals surface area contributed by atoms with Crippen molar-refractivity contribution in [2.45, 2.75) is 38.8 Å². The van der Waals surface area contributed by atoms with Gasteiger partial charge in [-0.25, -0.2) is 4.79 Å². The van der Waals surface area contributed by atoms with Crippen LogP contribution in [0.5, 0.6) is 0 Å². The van der Waals surface area contributed by atoms with Crippen molar-refractivity contribution in [3.63, 3.8) is 0 Å². The Labute approximate surface area is 184 Å². The first kappa shape index (κ1) is 21.6. The topological polar surface area (TPSA) is 61.9 Å². The fraction of sp³-hybridized carbons (Fsp3) is 0.429. The highest BCUT2D eigenvalue weighted by molar-refractivity contribution is 9.11. The summed E-state index contributed by atoms with van der Waals surface area (Å²) in [6.45, 7) is 7.24. The van der Waals surface area contributed by atoms with Gasteiger partial charge in [0.2, 0.25) is 0 Å². The van der Waals surface area contributed by atoms with Crippen LogP contribution in [0.3, 0.4) is 0 Å². The largest absolute Gasteiger partial charge is 0.444 e. The van der Waals surface area contributed by atoms with Crippen LogP contribution in [0.15, 0.2) is 40.2 Å². The molecule has 0 bridgehead atoms. The third-order valence-corrected chi connectivity index (χ3v) is 6.30. The van der Waals surface area contributed by atoms with Gasteiger partial charge in [0.1, 0.15) is 5.60 Å². The summed E-state index contributed by atoms with van der Waals surface area (Å²) in [6.07, 6.45) is 0.601. The zero-order valence-corrected chi connectivity index (χ0v) is 19.5. The summed E-state index contributed by atoms with van der Waals surface area (Å²) in [5.74, 6) is -0.117. The van der Waals surface area contributed by atoms with Crippen molar-refractivity contribution in [2.75, 3.05) is 30.4 Å². The maximum atomic E-state index is 12.3. The summed E-state index contributed by atoms with van der Waals surface area (Å²) >= 11 is 4.77. The highest BCUT2D eigenvalue weighted by atomic mass is 79.9. The van der Waals surface area contributed by atoms with Crippen LogP contribution in [-0.4, -0.2) is 48.7 Å². The first-order valence-corrected chi connectivity index (χ1v) is 11.1. The maximum Gasteiger partial charge on any atom is 0.410 e. The lowest BCUT2D eigenvalue weighted by Gasteiger charge is -2.28. The monoisotopic (exact) mass is 479 g/mol. The number of hydrogen-bond acceptors (Lipinski definition) is 5. The number of benzene rings is 1. The summed E-state index contributed by atoms with van der Waals surface area (Å²) in [6, 6.07) is 11.6. The van der Waals surface area contributed by atoms with E-state index in [4.69, 9.17) is 4.74 Å². The molecule has 3 rings (SSSR count). The van der Waals surface area contributed by atoms with Crippen LogP contribution in [0.2, 0.25) is 0 Å². The van der Waals surface area contributed by atoms with E-state index in [1.165, 1.54) is 11.3 Å². The van der Waals surface area contributed by atoms with Crippen LogP contribution in [0.1, 0.15) is 36.9 Å². The Morgan fingerprint density at radius 2 is 1.90 bits per heavy atom.